The zero-order valence-electron chi connectivity index (χ0n) is 16.1. The Bertz CT molecular complexity index is 990. The van der Waals surface area contributed by atoms with E-state index in [1.807, 2.05) is 32.0 Å². The second-order valence-electron chi connectivity index (χ2n) is 7.31. The summed E-state index contributed by atoms with van der Waals surface area (Å²) >= 11 is 0. The SMILES string of the molecule is Cc1cc(C)cc(OCC(=O)Nc2nonc2-c2ccc3c(c2)CCCC3)c1. The Hall–Kier alpha value is -3.15. The van der Waals surface area contributed by atoms with Crippen LogP contribution in [0.1, 0.15) is 35.1 Å². The van der Waals surface area contributed by atoms with E-state index in [0.717, 1.165) is 29.5 Å². The number of fused-ring (bicyclic) bond motifs is 1. The molecule has 0 saturated heterocycles. The van der Waals surface area contributed by atoms with Crippen LogP contribution in [0.5, 0.6) is 5.75 Å². The Kier molecular flexibility index (Phi) is 5.10. The van der Waals surface area contributed by atoms with Crippen molar-refractivity contribution < 1.29 is 14.2 Å². The molecule has 1 N–H and O–H groups in total. The van der Waals surface area contributed by atoms with Gasteiger partial charge in [-0.15, -0.1) is 0 Å². The molecule has 0 saturated carbocycles. The minimum absolute atomic E-state index is 0.112. The van der Waals surface area contributed by atoms with Gasteiger partial charge in [0.2, 0.25) is 5.82 Å². The molecule has 4 rings (SSSR count). The fourth-order valence-electron chi connectivity index (χ4n) is 3.67. The molecule has 28 heavy (non-hydrogen) atoms. The molecule has 0 atom stereocenters. The predicted octanol–water partition coefficient (Wildman–Crippen LogP) is 4.25. The normalized spacial score (nSPS) is 13.1. The van der Waals surface area contributed by atoms with Crippen molar-refractivity contribution in [2.45, 2.75) is 39.5 Å². The zero-order chi connectivity index (χ0) is 19.5. The first-order valence-corrected chi connectivity index (χ1v) is 9.54. The number of nitrogens with one attached hydrogen (secondary N) is 1. The minimum Gasteiger partial charge on any atom is -0.484 e. The molecular formula is C22H23N3O3. The quantitative estimate of drug-likeness (QED) is 0.719. The van der Waals surface area contributed by atoms with E-state index in [-0.39, 0.29) is 12.5 Å². The summed E-state index contributed by atoms with van der Waals surface area (Å²) in [5, 5.41) is 10.6. The van der Waals surface area contributed by atoms with Crippen molar-refractivity contribution in [3.05, 3.63) is 58.7 Å². The van der Waals surface area contributed by atoms with Gasteiger partial charge in [-0.05, 0) is 90.3 Å². The Morgan fingerprint density at radius 1 is 1.04 bits per heavy atom. The molecule has 1 heterocycles. The maximum Gasteiger partial charge on any atom is 0.263 e. The third-order valence-corrected chi connectivity index (χ3v) is 4.93. The van der Waals surface area contributed by atoms with Crippen molar-refractivity contribution in [3.8, 4) is 17.0 Å². The van der Waals surface area contributed by atoms with Crippen LogP contribution in [0.15, 0.2) is 41.0 Å². The first-order valence-electron chi connectivity index (χ1n) is 9.54. The molecule has 3 aromatic rings. The highest BCUT2D eigenvalue weighted by Gasteiger charge is 2.18. The first kappa shape index (κ1) is 18.2. The molecule has 0 radical (unpaired) electrons. The number of nitrogens with zero attached hydrogens (tertiary/aromatic N) is 2. The molecular weight excluding hydrogens is 354 g/mol. The molecule has 1 aromatic heterocycles. The maximum atomic E-state index is 12.3. The molecule has 1 amide bonds. The number of rotatable bonds is 5. The lowest BCUT2D eigenvalue weighted by Gasteiger charge is -2.16. The van der Waals surface area contributed by atoms with Crippen molar-refractivity contribution in [3.63, 3.8) is 0 Å². The van der Waals surface area contributed by atoms with E-state index in [1.54, 1.807) is 0 Å². The van der Waals surface area contributed by atoms with E-state index in [4.69, 9.17) is 9.37 Å². The molecule has 1 aliphatic rings. The van der Waals surface area contributed by atoms with Crippen LogP contribution in [-0.2, 0) is 17.6 Å². The molecule has 6 nitrogen and oxygen atoms in total. The molecule has 2 aromatic carbocycles. The number of aryl methyl sites for hydroxylation is 4. The number of amides is 1. The topological polar surface area (TPSA) is 77.2 Å². The van der Waals surface area contributed by atoms with Gasteiger partial charge in [-0.3, -0.25) is 4.79 Å². The van der Waals surface area contributed by atoms with Crippen molar-refractivity contribution in [2.24, 2.45) is 0 Å². The van der Waals surface area contributed by atoms with Gasteiger partial charge in [-0.1, -0.05) is 18.2 Å². The van der Waals surface area contributed by atoms with E-state index < -0.39 is 0 Å². The molecule has 0 spiro atoms. The fraction of sp³-hybridized carbons (Fsp3) is 0.318. The van der Waals surface area contributed by atoms with Gasteiger partial charge in [-0.25, -0.2) is 4.63 Å². The summed E-state index contributed by atoms with van der Waals surface area (Å²) in [6.45, 7) is 3.87. The van der Waals surface area contributed by atoms with Crippen molar-refractivity contribution in [1.82, 2.24) is 10.3 Å². The van der Waals surface area contributed by atoms with E-state index in [2.05, 4.69) is 33.8 Å². The Labute approximate surface area is 163 Å². The van der Waals surface area contributed by atoms with Gasteiger partial charge < -0.3 is 10.1 Å². The van der Waals surface area contributed by atoms with Crippen LogP contribution in [0.25, 0.3) is 11.3 Å². The highest BCUT2D eigenvalue weighted by atomic mass is 16.6. The summed E-state index contributed by atoms with van der Waals surface area (Å²) in [5.74, 6) is 0.666. The number of benzene rings is 2. The number of carbonyl (C=O) groups excluding carboxylic acids is 1. The minimum atomic E-state index is -0.311. The van der Waals surface area contributed by atoms with E-state index >= 15 is 0 Å². The number of anilines is 1. The van der Waals surface area contributed by atoms with Crippen LogP contribution in [0.4, 0.5) is 5.82 Å². The summed E-state index contributed by atoms with van der Waals surface area (Å²) in [5.41, 5.74) is 6.33. The van der Waals surface area contributed by atoms with Crippen LogP contribution < -0.4 is 10.1 Å². The molecule has 144 valence electrons. The Balaban J connectivity index is 1.45. The van der Waals surface area contributed by atoms with Crippen LogP contribution in [0, 0.1) is 13.8 Å². The number of hydrogen-bond donors (Lipinski definition) is 1. The highest BCUT2D eigenvalue weighted by molar-refractivity contribution is 5.94. The Morgan fingerprint density at radius 2 is 1.79 bits per heavy atom. The van der Waals surface area contributed by atoms with Crippen LogP contribution in [0.2, 0.25) is 0 Å². The maximum absolute atomic E-state index is 12.3. The summed E-state index contributed by atoms with van der Waals surface area (Å²) in [7, 11) is 0. The van der Waals surface area contributed by atoms with Crippen molar-refractivity contribution in [1.29, 1.82) is 0 Å². The summed E-state index contributed by atoms with van der Waals surface area (Å²) in [6.07, 6.45) is 4.62. The average Bonchev–Trinajstić information content (AvgIpc) is 3.13. The molecule has 1 aliphatic carbocycles. The largest absolute Gasteiger partial charge is 0.484 e. The van der Waals surface area contributed by atoms with Gasteiger partial charge in [0.15, 0.2) is 12.3 Å². The average molecular weight is 377 g/mol. The van der Waals surface area contributed by atoms with Gasteiger partial charge in [0.05, 0.1) is 0 Å². The second-order valence-corrected chi connectivity index (χ2v) is 7.31. The van der Waals surface area contributed by atoms with E-state index in [1.165, 1.54) is 24.0 Å². The monoisotopic (exact) mass is 377 g/mol. The molecule has 0 bridgehead atoms. The zero-order valence-corrected chi connectivity index (χ0v) is 16.1. The summed E-state index contributed by atoms with van der Waals surface area (Å²) in [4.78, 5) is 12.3. The third-order valence-electron chi connectivity index (χ3n) is 4.93. The van der Waals surface area contributed by atoms with Gasteiger partial charge in [0, 0.05) is 5.56 Å². The standard InChI is InChI=1S/C22H23N3O3/c1-14-9-15(2)11-19(10-14)27-13-20(26)23-22-21(24-28-25-22)18-8-7-16-5-3-4-6-17(16)12-18/h7-12H,3-6,13H2,1-2H3,(H,23,25,26). The summed E-state index contributed by atoms with van der Waals surface area (Å²) in [6, 6.07) is 12.1. The lowest BCUT2D eigenvalue weighted by Crippen LogP contribution is -2.20. The van der Waals surface area contributed by atoms with E-state index in [9.17, 15) is 4.79 Å². The first-order chi connectivity index (χ1) is 13.6. The second kappa shape index (κ2) is 7.84. The molecule has 0 fully saturated rings. The van der Waals surface area contributed by atoms with Crippen LogP contribution in [-0.4, -0.2) is 22.8 Å². The number of ether oxygens (including phenoxy) is 1. The van der Waals surface area contributed by atoms with Crippen molar-refractivity contribution in [2.75, 3.05) is 11.9 Å². The number of carbonyl (C=O) groups is 1. The molecule has 6 heteroatoms. The van der Waals surface area contributed by atoms with Gasteiger partial charge in [0.25, 0.3) is 5.91 Å². The van der Waals surface area contributed by atoms with Gasteiger partial charge in [0.1, 0.15) is 5.75 Å². The number of aromatic nitrogens is 2. The highest BCUT2D eigenvalue weighted by Crippen LogP contribution is 2.29. The van der Waals surface area contributed by atoms with Gasteiger partial charge >= 0.3 is 0 Å². The Morgan fingerprint density at radius 3 is 2.57 bits per heavy atom. The molecule has 0 unspecified atom stereocenters. The number of hydrogen-bond acceptors (Lipinski definition) is 5. The smallest absolute Gasteiger partial charge is 0.263 e. The third kappa shape index (κ3) is 4.06. The fourth-order valence-corrected chi connectivity index (χ4v) is 3.67. The van der Waals surface area contributed by atoms with Crippen LogP contribution in [0.3, 0.4) is 0 Å². The predicted molar refractivity (Wildman–Crippen MR) is 106 cm³/mol. The van der Waals surface area contributed by atoms with Crippen molar-refractivity contribution >= 4 is 11.7 Å². The van der Waals surface area contributed by atoms with E-state index in [0.29, 0.717) is 17.3 Å². The lowest BCUT2D eigenvalue weighted by molar-refractivity contribution is -0.118. The molecule has 0 aliphatic heterocycles. The summed E-state index contributed by atoms with van der Waals surface area (Å²) < 4.78 is 10.5. The van der Waals surface area contributed by atoms with Crippen LogP contribution >= 0.6 is 0 Å². The lowest BCUT2D eigenvalue weighted by atomic mass is 9.90. The van der Waals surface area contributed by atoms with Gasteiger partial charge in [-0.2, -0.15) is 0 Å².